The molecule has 0 atom stereocenters. The van der Waals surface area contributed by atoms with Gasteiger partial charge in [0.1, 0.15) is 17.2 Å². The number of primary amides is 1. The topological polar surface area (TPSA) is 90.7 Å². The summed E-state index contributed by atoms with van der Waals surface area (Å²) in [4.78, 5) is 23.8. The number of rotatable bonds is 6. The van der Waals surface area contributed by atoms with Gasteiger partial charge in [0.15, 0.2) is 0 Å². The third kappa shape index (κ3) is 4.36. The Balaban J connectivity index is 2.18. The molecule has 0 heterocycles. The Bertz CT molecular complexity index is 750. The molecule has 0 aliphatic rings. The van der Waals surface area contributed by atoms with Gasteiger partial charge in [-0.15, -0.1) is 0 Å². The summed E-state index contributed by atoms with van der Waals surface area (Å²) in [6.45, 7) is 0. The van der Waals surface area contributed by atoms with Crippen molar-refractivity contribution in [2.75, 3.05) is 14.2 Å². The van der Waals surface area contributed by atoms with Gasteiger partial charge in [0.25, 0.3) is 11.8 Å². The molecule has 24 heavy (non-hydrogen) atoms. The van der Waals surface area contributed by atoms with E-state index in [0.717, 1.165) is 0 Å². The standard InChI is InChI=1S/C18H18N2O4/c1-23-14-7-3-12(4-8-14)11-16(17(19)21)20-18(22)13-5-9-15(24-2)10-6-13/h3-11H,1-2H3,(H2,19,21)(H,20,22). The van der Waals surface area contributed by atoms with Crippen LogP contribution >= 0.6 is 0 Å². The van der Waals surface area contributed by atoms with Gasteiger partial charge in [-0.25, -0.2) is 0 Å². The summed E-state index contributed by atoms with van der Waals surface area (Å²) in [5, 5.41) is 2.52. The van der Waals surface area contributed by atoms with Crippen molar-refractivity contribution in [3.05, 3.63) is 65.4 Å². The fraction of sp³-hybridized carbons (Fsp3) is 0.111. The van der Waals surface area contributed by atoms with E-state index in [1.54, 1.807) is 55.6 Å². The van der Waals surface area contributed by atoms with Crippen LogP contribution in [0, 0.1) is 0 Å². The van der Waals surface area contributed by atoms with E-state index in [2.05, 4.69) is 5.32 Å². The van der Waals surface area contributed by atoms with E-state index in [9.17, 15) is 9.59 Å². The average Bonchev–Trinajstić information content (AvgIpc) is 2.61. The first kappa shape index (κ1) is 17.1. The summed E-state index contributed by atoms with van der Waals surface area (Å²) in [6.07, 6.45) is 1.50. The van der Waals surface area contributed by atoms with E-state index in [1.807, 2.05) is 0 Å². The highest BCUT2D eigenvalue weighted by Crippen LogP contribution is 2.14. The number of amides is 2. The van der Waals surface area contributed by atoms with E-state index in [1.165, 1.54) is 13.2 Å². The Hall–Kier alpha value is -3.28. The molecular weight excluding hydrogens is 308 g/mol. The predicted octanol–water partition coefficient (Wildman–Crippen LogP) is 1.96. The second-order valence-corrected chi connectivity index (χ2v) is 4.88. The minimum Gasteiger partial charge on any atom is -0.497 e. The zero-order valence-electron chi connectivity index (χ0n) is 13.4. The van der Waals surface area contributed by atoms with Crippen LogP contribution in [-0.2, 0) is 4.79 Å². The molecule has 2 rings (SSSR count). The molecular formula is C18H18N2O4. The molecule has 0 saturated carbocycles. The van der Waals surface area contributed by atoms with Crippen molar-refractivity contribution in [1.29, 1.82) is 0 Å². The number of hydrogen-bond acceptors (Lipinski definition) is 4. The van der Waals surface area contributed by atoms with Gasteiger partial charge in [-0.2, -0.15) is 0 Å². The molecule has 0 radical (unpaired) electrons. The second kappa shape index (κ2) is 7.82. The first-order valence-corrected chi connectivity index (χ1v) is 7.14. The Morgan fingerprint density at radius 1 is 0.917 bits per heavy atom. The molecule has 6 nitrogen and oxygen atoms in total. The highest BCUT2D eigenvalue weighted by molar-refractivity contribution is 6.04. The van der Waals surface area contributed by atoms with Gasteiger partial charge in [0, 0.05) is 5.56 Å². The van der Waals surface area contributed by atoms with Crippen LogP contribution in [-0.4, -0.2) is 26.0 Å². The predicted molar refractivity (Wildman–Crippen MR) is 90.6 cm³/mol. The number of ether oxygens (including phenoxy) is 2. The number of methoxy groups -OCH3 is 2. The quantitative estimate of drug-likeness (QED) is 0.794. The molecule has 0 aromatic heterocycles. The Kier molecular flexibility index (Phi) is 5.57. The zero-order chi connectivity index (χ0) is 17.5. The number of benzene rings is 2. The van der Waals surface area contributed by atoms with Crippen LogP contribution in [0.25, 0.3) is 6.08 Å². The first-order chi connectivity index (χ1) is 11.5. The molecule has 0 aliphatic carbocycles. The molecule has 0 aliphatic heterocycles. The fourth-order valence-corrected chi connectivity index (χ4v) is 1.97. The van der Waals surface area contributed by atoms with Gasteiger partial charge >= 0.3 is 0 Å². The fourth-order valence-electron chi connectivity index (χ4n) is 1.97. The summed E-state index contributed by atoms with van der Waals surface area (Å²) in [5.74, 6) is 0.161. The van der Waals surface area contributed by atoms with Crippen molar-refractivity contribution in [2.24, 2.45) is 5.73 Å². The third-order valence-corrected chi connectivity index (χ3v) is 3.29. The van der Waals surface area contributed by atoms with E-state index >= 15 is 0 Å². The SMILES string of the molecule is COc1ccc(C=C(NC(=O)c2ccc(OC)cc2)C(N)=O)cc1. The van der Waals surface area contributed by atoms with Crippen LogP contribution < -0.4 is 20.5 Å². The van der Waals surface area contributed by atoms with Gasteiger partial charge in [0.2, 0.25) is 0 Å². The lowest BCUT2D eigenvalue weighted by atomic mass is 10.1. The molecule has 0 fully saturated rings. The maximum Gasteiger partial charge on any atom is 0.265 e. The summed E-state index contributed by atoms with van der Waals surface area (Å²) >= 11 is 0. The second-order valence-electron chi connectivity index (χ2n) is 4.88. The summed E-state index contributed by atoms with van der Waals surface area (Å²) in [5.41, 5.74) is 6.44. The normalized spacial score (nSPS) is 10.8. The molecule has 3 N–H and O–H groups in total. The molecule has 0 unspecified atom stereocenters. The van der Waals surface area contributed by atoms with Crippen LogP contribution in [0.2, 0.25) is 0 Å². The highest BCUT2D eigenvalue weighted by atomic mass is 16.5. The van der Waals surface area contributed by atoms with Crippen molar-refractivity contribution in [1.82, 2.24) is 5.32 Å². The lowest BCUT2D eigenvalue weighted by Crippen LogP contribution is -2.31. The number of nitrogens with one attached hydrogen (secondary N) is 1. The number of hydrogen-bond donors (Lipinski definition) is 2. The minimum absolute atomic E-state index is 0.000912. The number of nitrogens with two attached hydrogens (primary N) is 1. The molecule has 2 aromatic carbocycles. The van der Waals surface area contributed by atoms with Crippen LogP contribution in [0.4, 0.5) is 0 Å². The van der Waals surface area contributed by atoms with Crippen molar-refractivity contribution in [3.8, 4) is 11.5 Å². The van der Waals surface area contributed by atoms with Crippen molar-refractivity contribution < 1.29 is 19.1 Å². The summed E-state index contributed by atoms with van der Waals surface area (Å²) in [6, 6.07) is 13.5. The van der Waals surface area contributed by atoms with Gasteiger partial charge in [0.05, 0.1) is 14.2 Å². The zero-order valence-corrected chi connectivity index (χ0v) is 13.4. The minimum atomic E-state index is -0.729. The third-order valence-electron chi connectivity index (χ3n) is 3.29. The molecule has 0 bridgehead atoms. The molecule has 6 heteroatoms. The van der Waals surface area contributed by atoms with Gasteiger partial charge < -0.3 is 20.5 Å². The molecule has 0 saturated heterocycles. The molecule has 0 spiro atoms. The highest BCUT2D eigenvalue weighted by Gasteiger charge is 2.12. The molecule has 2 amide bonds. The lowest BCUT2D eigenvalue weighted by Gasteiger charge is -2.08. The average molecular weight is 326 g/mol. The van der Waals surface area contributed by atoms with Crippen molar-refractivity contribution in [2.45, 2.75) is 0 Å². The van der Waals surface area contributed by atoms with E-state index in [-0.39, 0.29) is 5.70 Å². The van der Waals surface area contributed by atoms with E-state index < -0.39 is 11.8 Å². The Labute approximate surface area is 139 Å². The maximum atomic E-state index is 12.2. The van der Waals surface area contributed by atoms with Crippen molar-refractivity contribution in [3.63, 3.8) is 0 Å². The lowest BCUT2D eigenvalue weighted by molar-refractivity contribution is -0.114. The van der Waals surface area contributed by atoms with E-state index in [0.29, 0.717) is 22.6 Å². The first-order valence-electron chi connectivity index (χ1n) is 7.14. The van der Waals surface area contributed by atoms with Gasteiger partial charge in [-0.3, -0.25) is 9.59 Å². The van der Waals surface area contributed by atoms with Gasteiger partial charge in [-0.05, 0) is 48.0 Å². The van der Waals surface area contributed by atoms with Crippen LogP contribution in [0.15, 0.2) is 54.2 Å². The Morgan fingerprint density at radius 2 is 1.42 bits per heavy atom. The number of carbonyl (C=O) groups is 2. The monoisotopic (exact) mass is 326 g/mol. The molecule has 2 aromatic rings. The summed E-state index contributed by atoms with van der Waals surface area (Å²) in [7, 11) is 3.10. The maximum absolute atomic E-state index is 12.2. The van der Waals surface area contributed by atoms with Crippen LogP contribution in [0.1, 0.15) is 15.9 Å². The van der Waals surface area contributed by atoms with E-state index in [4.69, 9.17) is 15.2 Å². The van der Waals surface area contributed by atoms with Crippen LogP contribution in [0.5, 0.6) is 11.5 Å². The van der Waals surface area contributed by atoms with Gasteiger partial charge in [-0.1, -0.05) is 12.1 Å². The Morgan fingerprint density at radius 3 is 1.88 bits per heavy atom. The van der Waals surface area contributed by atoms with Crippen molar-refractivity contribution >= 4 is 17.9 Å². The van der Waals surface area contributed by atoms with Crippen LogP contribution in [0.3, 0.4) is 0 Å². The number of carbonyl (C=O) groups excluding carboxylic acids is 2. The molecule has 124 valence electrons. The largest absolute Gasteiger partial charge is 0.497 e. The summed E-state index contributed by atoms with van der Waals surface area (Å²) < 4.78 is 10.1. The smallest absolute Gasteiger partial charge is 0.265 e.